The molecule has 2 saturated heterocycles. The standard InChI is InChI=1S/C54H46N8O4S2/c63-49(41-15-7-27-55-31-41)59-47(39-11-3-1-4-12-39)53(65)61-29-9-17-43(61)51-57-33-45(67-51)37-23-19-35(20-24-37)36-21-25-38(26-22-36)46-34-58-52(68-46)44-18-10-30-62(44)54(66)48(40-13-5-2-6-14-40)60-50(64)42-16-8-28-56-32-42/h1-8,11-16,19-28,31-34,43-44,47-48H,9-10,17-18,29-30H2,(H,59,63)(H,60,64)/t43-,44-,47+,48+/m0/s1. The lowest BCUT2D eigenvalue weighted by Gasteiger charge is -2.28. The van der Waals surface area contributed by atoms with Crippen LogP contribution in [-0.2, 0) is 9.59 Å². The maximum atomic E-state index is 14.3. The second-order valence-electron chi connectivity index (χ2n) is 16.8. The van der Waals surface area contributed by atoms with Crippen molar-refractivity contribution in [2.75, 3.05) is 13.1 Å². The summed E-state index contributed by atoms with van der Waals surface area (Å²) in [5, 5.41) is 7.70. The topological polar surface area (TPSA) is 150 Å². The van der Waals surface area contributed by atoms with E-state index in [4.69, 9.17) is 9.97 Å². The minimum absolute atomic E-state index is 0.162. The van der Waals surface area contributed by atoms with Crippen LogP contribution in [0.25, 0.3) is 32.0 Å². The van der Waals surface area contributed by atoms with E-state index in [1.165, 1.54) is 12.4 Å². The number of nitrogens with one attached hydrogen (secondary N) is 2. The Hall–Kier alpha value is -7.68. The average molecular weight is 935 g/mol. The SMILES string of the molecule is O=C(N[C@@H](C(=O)N1CCC[C@H]1c1ncc(-c2ccc(-c3ccc(-c4cnc([C@@H]5CCCN5C(=O)[C@H](NC(=O)c5cccnc5)c5ccccc5)s4)cc3)cc2)s1)c1ccccc1)c1cccnc1. The molecular weight excluding hydrogens is 889 g/mol. The molecule has 8 aromatic rings. The summed E-state index contributed by atoms with van der Waals surface area (Å²) in [4.78, 5) is 78.7. The Morgan fingerprint density at radius 3 is 1.26 bits per heavy atom. The van der Waals surface area contributed by atoms with E-state index in [9.17, 15) is 19.2 Å². The van der Waals surface area contributed by atoms with Crippen LogP contribution in [-0.4, -0.2) is 66.5 Å². The number of hydrogen-bond acceptors (Lipinski definition) is 10. The third-order valence-corrected chi connectivity index (χ3v) is 14.8. The van der Waals surface area contributed by atoms with E-state index >= 15 is 0 Å². The van der Waals surface area contributed by atoms with Crippen molar-refractivity contribution < 1.29 is 19.2 Å². The molecule has 0 bridgehead atoms. The van der Waals surface area contributed by atoms with E-state index in [1.807, 2.05) is 82.9 Å². The Labute approximate surface area is 401 Å². The molecule has 2 fully saturated rings. The minimum atomic E-state index is -0.856. The van der Waals surface area contributed by atoms with Crippen molar-refractivity contribution in [1.82, 2.24) is 40.4 Å². The Morgan fingerprint density at radius 1 is 0.485 bits per heavy atom. The number of amides is 4. The second kappa shape index (κ2) is 20.0. The molecule has 2 aliphatic heterocycles. The molecule has 4 aromatic carbocycles. The van der Waals surface area contributed by atoms with E-state index in [-0.39, 0.29) is 35.7 Å². The highest BCUT2D eigenvalue weighted by molar-refractivity contribution is 7.15. The molecule has 10 rings (SSSR count). The summed E-state index contributed by atoms with van der Waals surface area (Å²) in [5.41, 5.74) is 6.45. The molecule has 4 aromatic heterocycles. The number of nitrogens with zero attached hydrogens (tertiary/aromatic N) is 6. The molecule has 68 heavy (non-hydrogen) atoms. The zero-order valence-corrected chi connectivity index (χ0v) is 38.5. The monoisotopic (exact) mass is 934 g/mol. The van der Waals surface area contributed by atoms with Crippen LogP contribution in [0.3, 0.4) is 0 Å². The number of thiazole rings is 2. The summed E-state index contributed by atoms with van der Waals surface area (Å²) in [6.45, 7) is 1.16. The van der Waals surface area contributed by atoms with Crippen molar-refractivity contribution in [3.05, 3.63) is 203 Å². The van der Waals surface area contributed by atoms with E-state index in [0.717, 1.165) is 67.7 Å². The normalized spacial score (nSPS) is 16.5. The lowest BCUT2D eigenvalue weighted by atomic mass is 10.0. The molecule has 4 atom stereocenters. The summed E-state index contributed by atoms with van der Waals surface area (Å²) in [7, 11) is 0. The molecule has 0 unspecified atom stereocenters. The Morgan fingerprint density at radius 2 is 0.882 bits per heavy atom. The van der Waals surface area contributed by atoms with Crippen molar-refractivity contribution in [2.24, 2.45) is 0 Å². The highest BCUT2D eigenvalue weighted by Gasteiger charge is 2.39. The summed E-state index contributed by atoms with van der Waals surface area (Å²) in [6.07, 6.45) is 13.2. The van der Waals surface area contributed by atoms with Crippen LogP contribution in [0.1, 0.15) is 91.7 Å². The molecule has 0 spiro atoms. The molecule has 12 nitrogen and oxygen atoms in total. The van der Waals surface area contributed by atoms with Crippen molar-refractivity contribution in [1.29, 1.82) is 0 Å². The number of pyridine rings is 2. The largest absolute Gasteiger partial charge is 0.336 e. The number of likely N-dealkylation sites (tertiary alicyclic amines) is 2. The molecule has 6 heterocycles. The van der Waals surface area contributed by atoms with Crippen LogP contribution in [0.2, 0.25) is 0 Å². The number of aromatic nitrogens is 4. The summed E-state index contributed by atoms with van der Waals surface area (Å²) in [6, 6.07) is 40.3. The second-order valence-corrected chi connectivity index (χ2v) is 18.9. The van der Waals surface area contributed by atoms with Gasteiger partial charge in [-0.2, -0.15) is 0 Å². The predicted octanol–water partition coefficient (Wildman–Crippen LogP) is 10.1. The van der Waals surface area contributed by atoms with Gasteiger partial charge in [0.1, 0.15) is 22.1 Å². The van der Waals surface area contributed by atoms with Crippen LogP contribution < -0.4 is 10.6 Å². The Balaban J connectivity index is 0.800. The first-order valence-corrected chi connectivity index (χ1v) is 24.3. The molecular formula is C54H46N8O4S2. The first-order valence-electron chi connectivity index (χ1n) is 22.6. The molecule has 338 valence electrons. The summed E-state index contributed by atoms with van der Waals surface area (Å²) >= 11 is 3.18. The van der Waals surface area contributed by atoms with Crippen molar-refractivity contribution in [3.63, 3.8) is 0 Å². The molecule has 0 aliphatic carbocycles. The first-order chi connectivity index (χ1) is 33.4. The quantitative estimate of drug-likeness (QED) is 0.116. The van der Waals surface area contributed by atoms with Gasteiger partial charge in [-0.3, -0.25) is 29.1 Å². The number of hydrogen-bond donors (Lipinski definition) is 2. The third kappa shape index (κ3) is 9.46. The third-order valence-electron chi connectivity index (χ3n) is 12.5. The van der Waals surface area contributed by atoms with Crippen LogP contribution in [0, 0.1) is 0 Å². The van der Waals surface area contributed by atoms with Crippen LogP contribution in [0.5, 0.6) is 0 Å². The molecule has 0 saturated carbocycles. The molecule has 2 aliphatic rings. The lowest BCUT2D eigenvalue weighted by molar-refractivity contribution is -0.135. The zero-order chi connectivity index (χ0) is 46.4. The van der Waals surface area contributed by atoms with E-state index < -0.39 is 12.1 Å². The maximum absolute atomic E-state index is 14.3. The molecule has 0 radical (unpaired) electrons. The summed E-state index contributed by atoms with van der Waals surface area (Å²) < 4.78 is 0. The Kier molecular flexibility index (Phi) is 13.0. The summed E-state index contributed by atoms with van der Waals surface area (Å²) in [5.74, 6) is -1.04. The highest BCUT2D eigenvalue weighted by atomic mass is 32.1. The van der Waals surface area contributed by atoms with Gasteiger partial charge < -0.3 is 20.4 Å². The fourth-order valence-corrected chi connectivity index (χ4v) is 11.1. The number of carbonyl (C=O) groups excluding carboxylic acids is 4. The molecule has 2 N–H and O–H groups in total. The van der Waals surface area contributed by atoms with Gasteiger partial charge in [0.15, 0.2) is 0 Å². The van der Waals surface area contributed by atoms with Gasteiger partial charge in [0.2, 0.25) is 11.8 Å². The van der Waals surface area contributed by atoms with Gasteiger partial charge in [-0.25, -0.2) is 9.97 Å². The lowest BCUT2D eigenvalue weighted by Crippen LogP contribution is -2.42. The number of rotatable bonds is 13. The van der Waals surface area contributed by atoms with Gasteiger partial charge >= 0.3 is 0 Å². The van der Waals surface area contributed by atoms with Crippen LogP contribution in [0.4, 0.5) is 0 Å². The fourth-order valence-electron chi connectivity index (χ4n) is 9.00. The highest BCUT2D eigenvalue weighted by Crippen LogP contribution is 2.41. The predicted molar refractivity (Wildman–Crippen MR) is 263 cm³/mol. The smallest absolute Gasteiger partial charge is 0.253 e. The number of benzene rings is 4. The average Bonchev–Trinajstić information content (AvgIpc) is 4.26. The van der Waals surface area contributed by atoms with Gasteiger partial charge in [-0.05, 0) is 83.3 Å². The number of carbonyl (C=O) groups is 4. The zero-order valence-electron chi connectivity index (χ0n) is 36.9. The van der Waals surface area contributed by atoms with Crippen molar-refractivity contribution in [3.8, 4) is 32.0 Å². The molecule has 4 amide bonds. The van der Waals surface area contributed by atoms with Crippen molar-refractivity contribution >= 4 is 46.3 Å². The fraction of sp³-hybridized carbons (Fsp3) is 0.185. The minimum Gasteiger partial charge on any atom is -0.336 e. The van der Waals surface area contributed by atoms with Crippen molar-refractivity contribution in [2.45, 2.75) is 49.9 Å². The van der Waals surface area contributed by atoms with Gasteiger partial charge in [0.05, 0.1) is 33.0 Å². The Bertz CT molecular complexity index is 2820. The first kappa shape index (κ1) is 44.2. The maximum Gasteiger partial charge on any atom is 0.253 e. The van der Waals surface area contributed by atoms with Gasteiger partial charge in [0, 0.05) is 50.3 Å². The molecule has 14 heteroatoms. The van der Waals surface area contributed by atoms with Gasteiger partial charge in [0.25, 0.3) is 11.8 Å². The van der Waals surface area contributed by atoms with Gasteiger partial charge in [-0.1, -0.05) is 109 Å². The van der Waals surface area contributed by atoms with E-state index in [2.05, 4.69) is 69.1 Å². The van der Waals surface area contributed by atoms with Gasteiger partial charge in [-0.15, -0.1) is 22.7 Å². The van der Waals surface area contributed by atoms with E-state index in [1.54, 1.807) is 59.3 Å². The van der Waals surface area contributed by atoms with Crippen LogP contribution >= 0.6 is 22.7 Å². The van der Waals surface area contributed by atoms with Crippen LogP contribution in [0.15, 0.2) is 171 Å². The van der Waals surface area contributed by atoms with E-state index in [0.29, 0.717) is 35.3 Å².